The molecule has 3 N–H and O–H groups in total. The van der Waals surface area contributed by atoms with Crippen molar-refractivity contribution < 1.29 is 9.59 Å². The monoisotopic (exact) mass is 374 g/mol. The Balaban J connectivity index is 2.03. The normalized spacial score (nSPS) is 16.3. The van der Waals surface area contributed by atoms with Crippen LogP contribution in [-0.2, 0) is 4.79 Å². The number of para-hydroxylation sites is 1. The number of primary amides is 1. The molecule has 2 aromatic rings. The van der Waals surface area contributed by atoms with E-state index in [2.05, 4.69) is 10.3 Å². The van der Waals surface area contributed by atoms with Gasteiger partial charge in [-0.25, -0.2) is 9.78 Å². The third-order valence-electron chi connectivity index (χ3n) is 4.61. The van der Waals surface area contributed by atoms with Crippen molar-refractivity contribution in [1.29, 1.82) is 0 Å². The standard InChI is InChI=1S/C18H22N4O3S/c1-11(15(23)21-17(19)25)26-18-20-14-10-6-5-9-13(14)16(24)22(18)12-7-3-2-4-8-12/h5-6,9-12H,2-4,7-8H2,1H3,(H3,19,21,23,25)/t11-/m0/s1. The number of nitrogens with zero attached hydrogens (tertiary/aromatic N) is 2. The third-order valence-corrected chi connectivity index (χ3v) is 5.68. The Labute approximate surface area is 155 Å². The van der Waals surface area contributed by atoms with E-state index >= 15 is 0 Å². The molecule has 0 bridgehead atoms. The SMILES string of the molecule is C[C@H](Sc1nc2ccccc2c(=O)n1C1CCCCC1)C(=O)NC(N)=O. The van der Waals surface area contributed by atoms with E-state index in [0.29, 0.717) is 16.1 Å². The zero-order chi connectivity index (χ0) is 18.7. The molecule has 0 spiro atoms. The summed E-state index contributed by atoms with van der Waals surface area (Å²) in [5, 5.41) is 2.56. The minimum absolute atomic E-state index is 0.0764. The van der Waals surface area contributed by atoms with Gasteiger partial charge in [0.25, 0.3) is 5.56 Å². The molecule has 1 aromatic carbocycles. The van der Waals surface area contributed by atoms with Crippen molar-refractivity contribution in [3.8, 4) is 0 Å². The third kappa shape index (κ3) is 3.90. The lowest BCUT2D eigenvalue weighted by atomic mass is 9.95. The molecule has 3 rings (SSSR count). The summed E-state index contributed by atoms with van der Waals surface area (Å²) in [6.07, 6.45) is 5.17. The number of fused-ring (bicyclic) bond motifs is 1. The highest BCUT2D eigenvalue weighted by Crippen LogP contribution is 2.32. The van der Waals surface area contributed by atoms with Crippen molar-refractivity contribution in [1.82, 2.24) is 14.9 Å². The molecule has 1 fully saturated rings. The van der Waals surface area contributed by atoms with Crippen LogP contribution in [-0.4, -0.2) is 26.7 Å². The van der Waals surface area contributed by atoms with Crippen molar-refractivity contribution in [3.05, 3.63) is 34.6 Å². The van der Waals surface area contributed by atoms with Crippen LogP contribution in [0.4, 0.5) is 4.79 Å². The van der Waals surface area contributed by atoms with Gasteiger partial charge < -0.3 is 5.73 Å². The average molecular weight is 374 g/mol. The smallest absolute Gasteiger partial charge is 0.318 e. The van der Waals surface area contributed by atoms with Gasteiger partial charge in [-0.3, -0.25) is 19.5 Å². The van der Waals surface area contributed by atoms with Crippen molar-refractivity contribution in [3.63, 3.8) is 0 Å². The van der Waals surface area contributed by atoms with Crippen molar-refractivity contribution in [2.75, 3.05) is 0 Å². The fourth-order valence-electron chi connectivity index (χ4n) is 3.30. The van der Waals surface area contributed by atoms with Crippen LogP contribution in [0.2, 0.25) is 0 Å². The molecule has 0 saturated heterocycles. The Bertz CT molecular complexity index is 890. The molecule has 138 valence electrons. The minimum Gasteiger partial charge on any atom is -0.351 e. The van der Waals surface area contributed by atoms with E-state index in [-0.39, 0.29) is 11.6 Å². The molecule has 1 atom stereocenters. The fraction of sp³-hybridized carbons (Fsp3) is 0.444. The largest absolute Gasteiger partial charge is 0.351 e. The summed E-state index contributed by atoms with van der Waals surface area (Å²) < 4.78 is 1.74. The lowest BCUT2D eigenvalue weighted by molar-refractivity contribution is -0.119. The maximum atomic E-state index is 13.1. The number of carbonyl (C=O) groups excluding carboxylic acids is 2. The van der Waals surface area contributed by atoms with Gasteiger partial charge in [0.05, 0.1) is 16.2 Å². The maximum Gasteiger partial charge on any atom is 0.318 e. The zero-order valence-corrected chi connectivity index (χ0v) is 15.4. The van der Waals surface area contributed by atoms with Gasteiger partial charge in [-0.05, 0) is 31.9 Å². The van der Waals surface area contributed by atoms with Gasteiger partial charge in [-0.15, -0.1) is 0 Å². The van der Waals surface area contributed by atoms with E-state index in [1.165, 1.54) is 18.2 Å². The minimum atomic E-state index is -0.890. The molecule has 1 aliphatic rings. The molecule has 8 heteroatoms. The molecule has 26 heavy (non-hydrogen) atoms. The fourth-order valence-corrected chi connectivity index (χ4v) is 4.28. The first kappa shape index (κ1) is 18.4. The van der Waals surface area contributed by atoms with E-state index in [4.69, 9.17) is 5.73 Å². The molecule has 1 aliphatic carbocycles. The van der Waals surface area contributed by atoms with Gasteiger partial charge in [-0.1, -0.05) is 43.2 Å². The van der Waals surface area contributed by atoms with Crippen LogP contribution in [0.25, 0.3) is 10.9 Å². The second-order valence-corrected chi connectivity index (χ2v) is 7.80. The first-order chi connectivity index (χ1) is 12.5. The van der Waals surface area contributed by atoms with Crippen molar-refractivity contribution in [2.45, 2.75) is 55.5 Å². The van der Waals surface area contributed by atoms with Gasteiger partial charge in [0, 0.05) is 6.04 Å². The van der Waals surface area contributed by atoms with Gasteiger partial charge in [0.2, 0.25) is 5.91 Å². The number of thioether (sulfide) groups is 1. The Hall–Kier alpha value is -2.35. The Kier molecular flexibility index (Phi) is 5.61. The van der Waals surface area contributed by atoms with Crippen LogP contribution < -0.4 is 16.6 Å². The first-order valence-electron chi connectivity index (χ1n) is 8.75. The zero-order valence-electron chi connectivity index (χ0n) is 14.6. The summed E-state index contributed by atoms with van der Waals surface area (Å²) in [7, 11) is 0. The highest BCUT2D eigenvalue weighted by atomic mass is 32.2. The van der Waals surface area contributed by atoms with Crippen LogP contribution in [0.5, 0.6) is 0 Å². The number of aromatic nitrogens is 2. The number of amides is 3. The predicted molar refractivity (Wildman–Crippen MR) is 101 cm³/mol. The van der Waals surface area contributed by atoms with E-state index in [0.717, 1.165) is 25.7 Å². The van der Waals surface area contributed by atoms with Crippen molar-refractivity contribution in [2.24, 2.45) is 5.73 Å². The van der Waals surface area contributed by atoms with Gasteiger partial charge >= 0.3 is 6.03 Å². The van der Waals surface area contributed by atoms with E-state index in [9.17, 15) is 14.4 Å². The quantitative estimate of drug-likeness (QED) is 0.632. The van der Waals surface area contributed by atoms with Gasteiger partial charge in [-0.2, -0.15) is 0 Å². The van der Waals surface area contributed by atoms with Gasteiger partial charge in [0.1, 0.15) is 0 Å². The summed E-state index contributed by atoms with van der Waals surface area (Å²) in [5.41, 5.74) is 5.55. The summed E-state index contributed by atoms with van der Waals surface area (Å²) in [6.45, 7) is 1.66. The van der Waals surface area contributed by atoms with Crippen LogP contribution in [0.15, 0.2) is 34.2 Å². The molecule has 1 aromatic heterocycles. The molecule has 0 radical (unpaired) electrons. The molecule has 1 saturated carbocycles. The highest BCUT2D eigenvalue weighted by molar-refractivity contribution is 8.00. The van der Waals surface area contributed by atoms with E-state index < -0.39 is 17.2 Å². The second kappa shape index (κ2) is 7.90. The summed E-state index contributed by atoms with van der Waals surface area (Å²) in [4.78, 5) is 40.7. The number of carbonyl (C=O) groups is 2. The number of rotatable bonds is 4. The average Bonchev–Trinajstić information content (AvgIpc) is 2.62. The number of nitrogens with one attached hydrogen (secondary N) is 1. The predicted octanol–water partition coefficient (Wildman–Crippen LogP) is 2.58. The molecule has 0 unspecified atom stereocenters. The van der Waals surface area contributed by atoms with E-state index in [1.54, 1.807) is 23.6 Å². The van der Waals surface area contributed by atoms with E-state index in [1.807, 2.05) is 12.1 Å². The first-order valence-corrected chi connectivity index (χ1v) is 9.63. The lowest BCUT2D eigenvalue weighted by Gasteiger charge is -2.26. The van der Waals surface area contributed by atoms with Gasteiger partial charge in [0.15, 0.2) is 5.16 Å². The lowest BCUT2D eigenvalue weighted by Crippen LogP contribution is -2.39. The molecular weight excluding hydrogens is 352 g/mol. The number of hydrogen-bond donors (Lipinski definition) is 2. The number of hydrogen-bond acceptors (Lipinski definition) is 5. The van der Waals surface area contributed by atoms with Crippen LogP contribution in [0.1, 0.15) is 45.1 Å². The van der Waals surface area contributed by atoms with Crippen LogP contribution >= 0.6 is 11.8 Å². The number of nitrogens with two attached hydrogens (primary N) is 1. The summed E-state index contributed by atoms with van der Waals surface area (Å²) in [5.74, 6) is -0.500. The summed E-state index contributed by atoms with van der Waals surface area (Å²) >= 11 is 1.17. The second-order valence-electron chi connectivity index (χ2n) is 6.49. The van der Waals surface area contributed by atoms with Crippen LogP contribution in [0.3, 0.4) is 0 Å². The Morgan fingerprint density at radius 2 is 1.96 bits per heavy atom. The molecule has 7 nitrogen and oxygen atoms in total. The summed E-state index contributed by atoms with van der Waals surface area (Å²) in [6, 6.07) is 6.42. The maximum absolute atomic E-state index is 13.1. The Morgan fingerprint density at radius 3 is 2.65 bits per heavy atom. The Morgan fingerprint density at radius 1 is 1.27 bits per heavy atom. The number of imide groups is 1. The van der Waals surface area contributed by atoms with Crippen molar-refractivity contribution >= 4 is 34.6 Å². The highest BCUT2D eigenvalue weighted by Gasteiger charge is 2.25. The molecule has 3 amide bonds. The molecule has 0 aliphatic heterocycles. The molecule has 1 heterocycles. The van der Waals surface area contributed by atoms with Crippen LogP contribution in [0, 0.1) is 0 Å². The number of benzene rings is 1. The topological polar surface area (TPSA) is 107 Å². The number of urea groups is 1. The molecular formula is C18H22N4O3S.